The van der Waals surface area contributed by atoms with Crippen molar-refractivity contribution >= 4 is 29.3 Å². The first-order valence-corrected chi connectivity index (χ1v) is 10.4. The number of rotatable bonds is 5. The van der Waals surface area contributed by atoms with Gasteiger partial charge in [0.05, 0.1) is 18.8 Å². The Balaban J connectivity index is 1.49. The molecule has 0 amide bonds. The molecule has 0 saturated heterocycles. The molecule has 166 valence electrons. The van der Waals surface area contributed by atoms with Crippen molar-refractivity contribution in [3.05, 3.63) is 53.6 Å². The smallest absolute Gasteiger partial charge is 0.320 e. The summed E-state index contributed by atoms with van der Waals surface area (Å²) in [4.78, 5) is 17.4. The molecule has 4 rings (SSSR count). The van der Waals surface area contributed by atoms with Crippen molar-refractivity contribution in [3.8, 4) is 11.5 Å². The average molecular weight is 434 g/mol. The summed E-state index contributed by atoms with van der Waals surface area (Å²) in [6.07, 6.45) is 0.570. The summed E-state index contributed by atoms with van der Waals surface area (Å²) in [5.74, 6) is 2.75. The van der Waals surface area contributed by atoms with Crippen molar-refractivity contribution in [1.29, 1.82) is 5.41 Å². The Hall–Kier alpha value is -3.88. The predicted molar refractivity (Wildman–Crippen MR) is 128 cm³/mol. The summed E-state index contributed by atoms with van der Waals surface area (Å²) in [7, 11) is 5.82. The zero-order valence-corrected chi connectivity index (χ0v) is 18.5. The highest BCUT2D eigenvalue weighted by atomic mass is 16.5. The van der Waals surface area contributed by atoms with E-state index >= 15 is 0 Å². The van der Waals surface area contributed by atoms with Crippen LogP contribution in [-0.2, 0) is 0 Å². The van der Waals surface area contributed by atoms with Crippen molar-refractivity contribution in [3.63, 3.8) is 0 Å². The Morgan fingerprint density at radius 3 is 2.59 bits per heavy atom. The number of amidine groups is 3. The normalized spacial score (nSPS) is 15.6. The Morgan fingerprint density at radius 1 is 1.06 bits per heavy atom. The Labute approximate surface area is 187 Å². The van der Waals surface area contributed by atoms with E-state index in [4.69, 9.17) is 20.6 Å². The highest BCUT2D eigenvalue weighted by Gasteiger charge is 2.17. The van der Waals surface area contributed by atoms with E-state index in [0.29, 0.717) is 35.9 Å². The largest absolute Gasteiger partial charge is 0.443 e. The lowest BCUT2D eigenvalue weighted by atomic mass is 10.1. The molecule has 0 bridgehead atoms. The lowest BCUT2D eigenvalue weighted by molar-refractivity contribution is 0.503. The van der Waals surface area contributed by atoms with Crippen molar-refractivity contribution in [2.45, 2.75) is 6.42 Å². The number of likely N-dealkylation sites (N-methyl/N-ethyl adjacent to an activating group) is 1. The number of nitrogens with two attached hydrogens (primary N) is 1. The minimum atomic E-state index is 0.00932. The molecule has 0 atom stereocenters. The van der Waals surface area contributed by atoms with Crippen LogP contribution in [0.25, 0.3) is 0 Å². The molecule has 0 saturated carbocycles. The fourth-order valence-corrected chi connectivity index (χ4v) is 3.53. The highest BCUT2D eigenvalue weighted by Crippen LogP contribution is 2.25. The third-order valence-corrected chi connectivity index (χ3v) is 5.13. The van der Waals surface area contributed by atoms with Gasteiger partial charge in [0.25, 0.3) is 0 Å². The van der Waals surface area contributed by atoms with E-state index in [9.17, 15) is 0 Å². The second kappa shape index (κ2) is 9.09. The Bertz CT molecular complexity index is 1120. The van der Waals surface area contributed by atoms with Crippen LogP contribution in [0, 0.1) is 5.41 Å². The van der Waals surface area contributed by atoms with Crippen molar-refractivity contribution in [1.82, 2.24) is 4.90 Å². The van der Waals surface area contributed by atoms with Crippen LogP contribution in [0.1, 0.15) is 17.5 Å². The minimum absolute atomic E-state index is 0.00932. The lowest BCUT2D eigenvalue weighted by Crippen LogP contribution is -2.23. The maximum Gasteiger partial charge on any atom is 0.320 e. The molecule has 0 aromatic heterocycles. The number of nitrogens with one attached hydrogen (secondary N) is 1. The number of nitrogen functional groups attached to an aromatic ring is 1. The van der Waals surface area contributed by atoms with Crippen LogP contribution >= 0.6 is 0 Å². The average Bonchev–Trinajstić information content (AvgIpc) is 3.20. The molecule has 32 heavy (non-hydrogen) atoms. The summed E-state index contributed by atoms with van der Waals surface area (Å²) < 4.78 is 11.9. The fraction of sp³-hybridized carbons (Fsp3) is 0.304. The van der Waals surface area contributed by atoms with Crippen LogP contribution < -0.4 is 20.1 Å². The number of hydrogen-bond acceptors (Lipinski definition) is 8. The second-order valence-electron chi connectivity index (χ2n) is 7.77. The molecule has 0 unspecified atom stereocenters. The third kappa shape index (κ3) is 4.72. The standard InChI is InChI=1S/C23H27N7O2/c1-29(2)19-14-17(7-8-18(19)21(24)25)31-20-9-10-27-23(28-20)32-16-6-4-5-15(13-16)22-26-11-12-30(22)3/h4-8,13-14H,9-12H2,1-3H3,(H3,24,25). The van der Waals surface area contributed by atoms with Crippen LogP contribution in [0.3, 0.4) is 0 Å². The fourth-order valence-electron chi connectivity index (χ4n) is 3.53. The van der Waals surface area contributed by atoms with Gasteiger partial charge in [0, 0.05) is 51.3 Å². The number of anilines is 1. The van der Waals surface area contributed by atoms with Crippen molar-refractivity contribution in [2.24, 2.45) is 20.7 Å². The van der Waals surface area contributed by atoms with Gasteiger partial charge in [0.1, 0.15) is 23.2 Å². The van der Waals surface area contributed by atoms with Gasteiger partial charge in [0.15, 0.2) is 0 Å². The molecular weight excluding hydrogens is 406 g/mol. The van der Waals surface area contributed by atoms with E-state index in [2.05, 4.69) is 19.9 Å². The van der Waals surface area contributed by atoms with Crippen LogP contribution in [0.2, 0.25) is 0 Å². The lowest BCUT2D eigenvalue weighted by Gasteiger charge is -2.19. The van der Waals surface area contributed by atoms with Crippen molar-refractivity contribution < 1.29 is 9.47 Å². The number of aliphatic imine (C=N–C) groups is 3. The van der Waals surface area contributed by atoms with Gasteiger partial charge in [0.2, 0.25) is 5.90 Å². The van der Waals surface area contributed by atoms with Crippen molar-refractivity contribution in [2.75, 3.05) is 45.7 Å². The maximum atomic E-state index is 7.75. The van der Waals surface area contributed by atoms with E-state index < -0.39 is 0 Å². The third-order valence-electron chi connectivity index (χ3n) is 5.13. The molecule has 9 nitrogen and oxygen atoms in total. The van der Waals surface area contributed by atoms with Crippen LogP contribution in [0.5, 0.6) is 11.5 Å². The van der Waals surface area contributed by atoms with Crippen LogP contribution in [-0.4, -0.2) is 69.3 Å². The Kier molecular flexibility index (Phi) is 6.07. The van der Waals surface area contributed by atoms with Gasteiger partial charge in [-0.2, -0.15) is 4.99 Å². The van der Waals surface area contributed by atoms with Gasteiger partial charge in [-0.1, -0.05) is 12.1 Å². The number of benzene rings is 2. The van der Waals surface area contributed by atoms with E-state index in [1.54, 1.807) is 12.1 Å². The molecule has 2 aliphatic heterocycles. The summed E-state index contributed by atoms with van der Waals surface area (Å²) in [6.45, 7) is 2.24. The molecule has 0 fully saturated rings. The molecule has 0 spiro atoms. The predicted octanol–water partition coefficient (Wildman–Crippen LogP) is 2.34. The van der Waals surface area contributed by atoms with Gasteiger partial charge in [-0.3, -0.25) is 10.4 Å². The van der Waals surface area contributed by atoms with Crippen LogP contribution in [0.15, 0.2) is 57.4 Å². The number of hydrogen-bond donors (Lipinski definition) is 2. The summed E-state index contributed by atoms with van der Waals surface area (Å²) in [5.41, 5.74) is 8.14. The molecule has 9 heteroatoms. The quantitative estimate of drug-likeness (QED) is 0.555. The minimum Gasteiger partial charge on any atom is -0.443 e. The molecule has 2 aromatic rings. The van der Waals surface area contributed by atoms with E-state index in [1.165, 1.54) is 0 Å². The summed E-state index contributed by atoms with van der Waals surface area (Å²) in [6, 6.07) is 13.4. The van der Waals surface area contributed by atoms with Crippen LogP contribution in [0.4, 0.5) is 5.69 Å². The number of ether oxygens (including phenoxy) is 2. The van der Waals surface area contributed by atoms with Gasteiger partial charge in [-0.15, -0.1) is 0 Å². The summed E-state index contributed by atoms with van der Waals surface area (Å²) >= 11 is 0. The van der Waals surface area contributed by atoms with Gasteiger partial charge in [-0.05, 0) is 24.3 Å². The molecule has 0 radical (unpaired) electrons. The highest BCUT2D eigenvalue weighted by molar-refractivity contribution is 6.01. The Morgan fingerprint density at radius 2 is 1.88 bits per heavy atom. The molecule has 2 heterocycles. The molecule has 0 aliphatic carbocycles. The SMILES string of the molecule is CN1CCN=C1c1cccc(OC2=NCCC(Oc3ccc(C(=N)N)c(N(C)C)c3)=N2)c1. The molecule has 2 aromatic carbocycles. The van der Waals surface area contributed by atoms with E-state index in [1.807, 2.05) is 56.4 Å². The van der Waals surface area contributed by atoms with Gasteiger partial charge >= 0.3 is 6.02 Å². The molecule has 3 N–H and O–H groups in total. The topological polar surface area (TPSA) is 112 Å². The zero-order valence-electron chi connectivity index (χ0n) is 18.5. The summed E-state index contributed by atoms with van der Waals surface area (Å²) in [5, 5.41) is 7.75. The second-order valence-corrected chi connectivity index (χ2v) is 7.77. The van der Waals surface area contributed by atoms with E-state index in [-0.39, 0.29) is 11.9 Å². The van der Waals surface area contributed by atoms with Gasteiger partial charge in [-0.25, -0.2) is 4.99 Å². The molecular formula is C23H27N7O2. The van der Waals surface area contributed by atoms with Gasteiger partial charge < -0.3 is 25.0 Å². The monoisotopic (exact) mass is 433 g/mol. The first-order chi connectivity index (χ1) is 15.4. The number of nitrogens with zero attached hydrogens (tertiary/aromatic N) is 5. The van der Waals surface area contributed by atoms with E-state index in [0.717, 1.165) is 30.2 Å². The maximum absolute atomic E-state index is 7.75. The molecule has 2 aliphatic rings. The zero-order chi connectivity index (χ0) is 22.7. The first kappa shape index (κ1) is 21.4. The first-order valence-electron chi connectivity index (χ1n) is 10.4.